The quantitative estimate of drug-likeness (QED) is 0.765. The Morgan fingerprint density at radius 1 is 1.25 bits per heavy atom. The summed E-state index contributed by atoms with van der Waals surface area (Å²) >= 11 is 0. The fraction of sp³-hybridized carbons (Fsp3) is 0.667. The third-order valence-electron chi connectivity index (χ3n) is 3.83. The summed E-state index contributed by atoms with van der Waals surface area (Å²) in [6.07, 6.45) is 7.58. The van der Waals surface area contributed by atoms with E-state index in [1.807, 2.05) is 18.5 Å². The van der Waals surface area contributed by atoms with Crippen molar-refractivity contribution in [3.63, 3.8) is 0 Å². The number of hydrogen-bond donors (Lipinski definition) is 1. The number of anilines is 1. The van der Waals surface area contributed by atoms with Crippen LogP contribution in [0.25, 0.3) is 0 Å². The largest absolute Gasteiger partial charge is 0.340 e. The van der Waals surface area contributed by atoms with Crippen LogP contribution in [0.1, 0.15) is 19.3 Å². The van der Waals surface area contributed by atoms with Gasteiger partial charge in [0, 0.05) is 37.4 Å². The second-order valence-electron chi connectivity index (χ2n) is 5.00. The van der Waals surface area contributed by atoms with Gasteiger partial charge in [-0.3, -0.25) is 0 Å². The lowest BCUT2D eigenvalue weighted by Gasteiger charge is -2.39. The van der Waals surface area contributed by atoms with E-state index in [1.54, 1.807) is 0 Å². The standard InChI is InChI=1S/C12H18N4/c1-3-12(4-7-13-9-12)10-16(8-1)11-14-5-2-6-15-11/h2,5-6,13H,1,3-4,7-10H2. The van der Waals surface area contributed by atoms with Gasteiger partial charge < -0.3 is 10.2 Å². The molecule has 1 N–H and O–H groups in total. The zero-order valence-corrected chi connectivity index (χ0v) is 9.52. The zero-order valence-electron chi connectivity index (χ0n) is 9.52. The van der Waals surface area contributed by atoms with Crippen LogP contribution in [0.15, 0.2) is 18.5 Å². The van der Waals surface area contributed by atoms with Crippen molar-refractivity contribution in [3.05, 3.63) is 18.5 Å². The van der Waals surface area contributed by atoms with E-state index in [-0.39, 0.29) is 0 Å². The van der Waals surface area contributed by atoms with Crippen LogP contribution in [0.3, 0.4) is 0 Å². The van der Waals surface area contributed by atoms with Crippen LogP contribution in [0.2, 0.25) is 0 Å². The van der Waals surface area contributed by atoms with E-state index in [1.165, 1.54) is 25.8 Å². The number of hydrogen-bond acceptors (Lipinski definition) is 4. The first-order valence-electron chi connectivity index (χ1n) is 6.11. The Kier molecular flexibility index (Phi) is 2.52. The van der Waals surface area contributed by atoms with E-state index in [9.17, 15) is 0 Å². The maximum atomic E-state index is 4.35. The molecule has 1 aromatic heterocycles. The fourth-order valence-electron chi connectivity index (χ4n) is 2.98. The maximum absolute atomic E-state index is 4.35. The molecule has 0 aliphatic carbocycles. The van der Waals surface area contributed by atoms with Crippen molar-refractivity contribution >= 4 is 5.95 Å². The summed E-state index contributed by atoms with van der Waals surface area (Å²) in [5, 5.41) is 3.49. The van der Waals surface area contributed by atoms with E-state index < -0.39 is 0 Å². The van der Waals surface area contributed by atoms with Gasteiger partial charge in [0.15, 0.2) is 0 Å². The second kappa shape index (κ2) is 4.01. The average molecular weight is 218 g/mol. The van der Waals surface area contributed by atoms with Gasteiger partial charge in [0.2, 0.25) is 5.95 Å². The SMILES string of the molecule is c1cnc(N2CCCC3(CCNC3)C2)nc1. The molecule has 2 saturated heterocycles. The number of nitrogens with one attached hydrogen (secondary N) is 1. The Labute approximate surface area is 96.1 Å². The molecule has 0 saturated carbocycles. The smallest absolute Gasteiger partial charge is 0.225 e. The van der Waals surface area contributed by atoms with Crippen LogP contribution >= 0.6 is 0 Å². The van der Waals surface area contributed by atoms with E-state index in [4.69, 9.17) is 0 Å². The molecule has 0 amide bonds. The van der Waals surface area contributed by atoms with Gasteiger partial charge in [-0.05, 0) is 31.9 Å². The number of piperidine rings is 1. The third kappa shape index (κ3) is 1.78. The summed E-state index contributed by atoms with van der Waals surface area (Å²) in [4.78, 5) is 11.0. The van der Waals surface area contributed by atoms with Crippen molar-refractivity contribution in [3.8, 4) is 0 Å². The molecule has 16 heavy (non-hydrogen) atoms. The zero-order chi connectivity index (χ0) is 10.8. The average Bonchev–Trinajstić information content (AvgIpc) is 2.78. The molecule has 0 aromatic carbocycles. The van der Waals surface area contributed by atoms with Gasteiger partial charge in [-0.1, -0.05) is 0 Å². The predicted molar refractivity (Wildman–Crippen MR) is 63.4 cm³/mol. The molecular weight excluding hydrogens is 200 g/mol. The van der Waals surface area contributed by atoms with Gasteiger partial charge in [-0.2, -0.15) is 0 Å². The van der Waals surface area contributed by atoms with Gasteiger partial charge >= 0.3 is 0 Å². The highest BCUT2D eigenvalue weighted by atomic mass is 15.3. The summed E-state index contributed by atoms with van der Waals surface area (Å²) < 4.78 is 0. The summed E-state index contributed by atoms with van der Waals surface area (Å²) in [5.41, 5.74) is 0.484. The molecule has 86 valence electrons. The van der Waals surface area contributed by atoms with Crippen molar-refractivity contribution in [1.82, 2.24) is 15.3 Å². The Balaban J connectivity index is 1.77. The van der Waals surface area contributed by atoms with Gasteiger partial charge in [0.25, 0.3) is 0 Å². The van der Waals surface area contributed by atoms with Crippen LogP contribution < -0.4 is 10.2 Å². The molecule has 2 aliphatic rings. The van der Waals surface area contributed by atoms with Crippen LogP contribution in [0.5, 0.6) is 0 Å². The second-order valence-corrected chi connectivity index (χ2v) is 5.00. The molecule has 1 atom stereocenters. The molecule has 3 heterocycles. The molecule has 1 unspecified atom stereocenters. The van der Waals surface area contributed by atoms with Gasteiger partial charge in [0.05, 0.1) is 0 Å². The van der Waals surface area contributed by atoms with E-state index in [0.717, 1.165) is 25.6 Å². The van der Waals surface area contributed by atoms with Gasteiger partial charge in [-0.15, -0.1) is 0 Å². The normalized spacial score (nSPS) is 29.9. The molecule has 4 heteroatoms. The molecule has 2 fully saturated rings. The fourth-order valence-corrected chi connectivity index (χ4v) is 2.98. The lowest BCUT2D eigenvalue weighted by molar-refractivity contribution is 0.259. The Morgan fingerprint density at radius 2 is 2.12 bits per heavy atom. The minimum atomic E-state index is 0.484. The highest BCUT2D eigenvalue weighted by Crippen LogP contribution is 2.36. The minimum absolute atomic E-state index is 0.484. The van der Waals surface area contributed by atoms with Crippen molar-refractivity contribution in [2.24, 2.45) is 5.41 Å². The summed E-state index contributed by atoms with van der Waals surface area (Å²) in [7, 11) is 0. The molecule has 1 spiro atoms. The van der Waals surface area contributed by atoms with Crippen molar-refractivity contribution in [2.75, 3.05) is 31.1 Å². The lowest BCUT2D eigenvalue weighted by Crippen LogP contribution is -2.45. The number of aromatic nitrogens is 2. The molecule has 1 aromatic rings. The summed E-state index contributed by atoms with van der Waals surface area (Å²) in [6.45, 7) is 4.55. The highest BCUT2D eigenvalue weighted by molar-refractivity contribution is 5.30. The Bertz CT molecular complexity index is 345. The lowest BCUT2D eigenvalue weighted by atomic mass is 9.79. The number of nitrogens with zero attached hydrogens (tertiary/aromatic N) is 3. The van der Waals surface area contributed by atoms with Crippen molar-refractivity contribution in [1.29, 1.82) is 0 Å². The van der Waals surface area contributed by atoms with E-state index in [2.05, 4.69) is 20.2 Å². The van der Waals surface area contributed by atoms with Crippen LogP contribution in [0.4, 0.5) is 5.95 Å². The van der Waals surface area contributed by atoms with Crippen molar-refractivity contribution in [2.45, 2.75) is 19.3 Å². The van der Waals surface area contributed by atoms with Gasteiger partial charge in [-0.25, -0.2) is 9.97 Å². The molecule has 0 radical (unpaired) electrons. The van der Waals surface area contributed by atoms with Gasteiger partial charge in [0.1, 0.15) is 0 Å². The molecule has 4 nitrogen and oxygen atoms in total. The number of rotatable bonds is 1. The maximum Gasteiger partial charge on any atom is 0.225 e. The van der Waals surface area contributed by atoms with E-state index in [0.29, 0.717) is 5.41 Å². The topological polar surface area (TPSA) is 41.1 Å². The minimum Gasteiger partial charge on any atom is -0.340 e. The summed E-state index contributed by atoms with van der Waals surface area (Å²) in [5.74, 6) is 0.897. The van der Waals surface area contributed by atoms with Crippen LogP contribution in [-0.2, 0) is 0 Å². The monoisotopic (exact) mass is 218 g/mol. The highest BCUT2D eigenvalue weighted by Gasteiger charge is 2.38. The molecule has 2 aliphatic heterocycles. The van der Waals surface area contributed by atoms with E-state index >= 15 is 0 Å². The van der Waals surface area contributed by atoms with Crippen LogP contribution in [0, 0.1) is 5.41 Å². The molecule has 3 rings (SSSR count). The van der Waals surface area contributed by atoms with Crippen molar-refractivity contribution < 1.29 is 0 Å². The van der Waals surface area contributed by atoms with Crippen LogP contribution in [-0.4, -0.2) is 36.1 Å². The molecular formula is C12H18N4. The summed E-state index contributed by atoms with van der Waals surface area (Å²) in [6, 6.07) is 1.88. The Hall–Kier alpha value is -1.16. The third-order valence-corrected chi connectivity index (χ3v) is 3.83. The first-order chi connectivity index (χ1) is 7.88. The molecule has 0 bridgehead atoms. The predicted octanol–water partition coefficient (Wildman–Crippen LogP) is 1.06. The first-order valence-corrected chi connectivity index (χ1v) is 6.11. The first kappa shape index (κ1) is 10.0. The Morgan fingerprint density at radius 3 is 2.88 bits per heavy atom.